The topological polar surface area (TPSA) is 45.2 Å². The van der Waals surface area contributed by atoms with E-state index in [0.717, 1.165) is 18.7 Å². The summed E-state index contributed by atoms with van der Waals surface area (Å²) in [6.07, 6.45) is 3.99. The number of nitrogens with zero attached hydrogens (tertiary/aromatic N) is 2. The predicted molar refractivity (Wildman–Crippen MR) is 89.8 cm³/mol. The maximum Gasteiger partial charge on any atom is 0.222 e. The Hall–Kier alpha value is -2.36. The first kappa shape index (κ1) is 16.0. The first-order chi connectivity index (χ1) is 10.7. The monoisotopic (exact) mass is 297 g/mol. The number of benzene rings is 1. The number of aryl methyl sites for hydroxylation is 1. The van der Waals surface area contributed by atoms with E-state index in [4.69, 9.17) is 0 Å². The third-order valence-electron chi connectivity index (χ3n) is 3.57. The minimum atomic E-state index is 0.0648. The first-order valence-electron chi connectivity index (χ1n) is 7.66. The zero-order valence-electron chi connectivity index (χ0n) is 13.2. The first-order valence-corrected chi connectivity index (χ1v) is 7.66. The highest BCUT2D eigenvalue weighted by Crippen LogP contribution is 2.15. The normalized spacial score (nSPS) is 10.3. The van der Waals surface area contributed by atoms with Crippen LogP contribution < -0.4 is 10.2 Å². The minimum absolute atomic E-state index is 0.0648. The smallest absolute Gasteiger partial charge is 0.222 e. The number of amides is 1. The Morgan fingerprint density at radius 3 is 2.82 bits per heavy atom. The van der Waals surface area contributed by atoms with Gasteiger partial charge in [0.05, 0.1) is 0 Å². The fraction of sp³-hybridized carbons (Fsp3) is 0.333. The number of carbonyl (C=O) groups is 1. The number of rotatable bonds is 7. The van der Waals surface area contributed by atoms with Crippen molar-refractivity contribution in [2.75, 3.05) is 18.0 Å². The van der Waals surface area contributed by atoms with Crippen LogP contribution in [0.25, 0.3) is 0 Å². The summed E-state index contributed by atoms with van der Waals surface area (Å²) >= 11 is 0. The van der Waals surface area contributed by atoms with Gasteiger partial charge in [-0.25, -0.2) is 0 Å². The highest BCUT2D eigenvalue weighted by molar-refractivity contribution is 5.76. The lowest BCUT2D eigenvalue weighted by Crippen LogP contribution is -2.30. The Bertz CT molecular complexity index is 598. The molecule has 0 aliphatic rings. The molecule has 1 aromatic carbocycles. The molecule has 1 N–H and O–H groups in total. The molecule has 0 spiro atoms. The zero-order chi connectivity index (χ0) is 15.8. The lowest BCUT2D eigenvalue weighted by atomic mass is 10.2. The van der Waals surface area contributed by atoms with Crippen molar-refractivity contribution >= 4 is 11.6 Å². The van der Waals surface area contributed by atoms with Crippen LogP contribution >= 0.6 is 0 Å². The lowest BCUT2D eigenvalue weighted by Gasteiger charge is -2.23. The van der Waals surface area contributed by atoms with Gasteiger partial charge in [0.1, 0.15) is 0 Å². The van der Waals surface area contributed by atoms with E-state index in [1.165, 1.54) is 11.3 Å². The molecule has 2 aromatic rings. The van der Waals surface area contributed by atoms with Crippen LogP contribution in [0, 0.1) is 6.92 Å². The molecule has 0 saturated heterocycles. The molecule has 0 saturated carbocycles. The largest absolute Gasteiger partial charge is 0.371 e. The standard InChI is InChI=1S/C18H23N3O/c1-3-21(17-8-4-6-15(2)12-17)11-9-18(22)20-14-16-7-5-10-19-13-16/h4-8,10,12-13H,3,9,11,14H2,1-2H3,(H,20,22). The quantitative estimate of drug-likeness (QED) is 0.854. The highest BCUT2D eigenvalue weighted by atomic mass is 16.1. The molecule has 0 radical (unpaired) electrons. The van der Waals surface area contributed by atoms with Crippen LogP contribution in [0.4, 0.5) is 5.69 Å². The van der Waals surface area contributed by atoms with E-state index in [-0.39, 0.29) is 5.91 Å². The molecular formula is C18H23N3O. The van der Waals surface area contributed by atoms with E-state index in [9.17, 15) is 4.79 Å². The van der Waals surface area contributed by atoms with Crippen LogP contribution in [-0.4, -0.2) is 24.0 Å². The molecular weight excluding hydrogens is 274 g/mol. The molecule has 0 aliphatic heterocycles. The van der Waals surface area contributed by atoms with Crippen molar-refractivity contribution in [1.82, 2.24) is 10.3 Å². The SMILES string of the molecule is CCN(CCC(=O)NCc1cccnc1)c1cccc(C)c1. The number of carbonyl (C=O) groups excluding carboxylic acids is 1. The zero-order valence-corrected chi connectivity index (χ0v) is 13.2. The Kier molecular flexibility index (Phi) is 5.95. The molecule has 116 valence electrons. The molecule has 22 heavy (non-hydrogen) atoms. The van der Waals surface area contributed by atoms with Gasteiger partial charge in [-0.15, -0.1) is 0 Å². The summed E-state index contributed by atoms with van der Waals surface area (Å²) in [4.78, 5) is 18.2. The molecule has 4 nitrogen and oxygen atoms in total. The Balaban J connectivity index is 1.81. The Morgan fingerprint density at radius 2 is 2.14 bits per heavy atom. The van der Waals surface area contributed by atoms with Gasteiger partial charge in [0.25, 0.3) is 0 Å². The molecule has 0 aliphatic carbocycles. The summed E-state index contributed by atoms with van der Waals surface area (Å²) in [5, 5.41) is 2.94. The van der Waals surface area contributed by atoms with Gasteiger partial charge in [-0.3, -0.25) is 9.78 Å². The molecule has 0 fully saturated rings. The van der Waals surface area contributed by atoms with Crippen molar-refractivity contribution in [3.8, 4) is 0 Å². The maximum atomic E-state index is 12.0. The molecule has 1 amide bonds. The molecule has 4 heteroatoms. The van der Waals surface area contributed by atoms with Crippen molar-refractivity contribution in [3.05, 3.63) is 59.9 Å². The number of pyridine rings is 1. The fourth-order valence-electron chi connectivity index (χ4n) is 2.32. The van der Waals surface area contributed by atoms with Crippen molar-refractivity contribution < 1.29 is 4.79 Å². The molecule has 1 aromatic heterocycles. The van der Waals surface area contributed by atoms with E-state index in [2.05, 4.69) is 53.3 Å². The van der Waals surface area contributed by atoms with Crippen molar-refractivity contribution in [3.63, 3.8) is 0 Å². The van der Waals surface area contributed by atoms with Gasteiger partial charge in [-0.2, -0.15) is 0 Å². The van der Waals surface area contributed by atoms with E-state index >= 15 is 0 Å². The lowest BCUT2D eigenvalue weighted by molar-refractivity contribution is -0.121. The summed E-state index contributed by atoms with van der Waals surface area (Å²) in [5.74, 6) is 0.0648. The number of aromatic nitrogens is 1. The van der Waals surface area contributed by atoms with Gasteiger partial charge >= 0.3 is 0 Å². The van der Waals surface area contributed by atoms with Gasteiger partial charge in [0.2, 0.25) is 5.91 Å². The molecule has 0 unspecified atom stereocenters. The Labute approximate surface area is 132 Å². The van der Waals surface area contributed by atoms with Crippen molar-refractivity contribution in [2.24, 2.45) is 0 Å². The second kappa shape index (κ2) is 8.17. The van der Waals surface area contributed by atoms with Gasteiger partial charge in [-0.1, -0.05) is 18.2 Å². The van der Waals surface area contributed by atoms with Gasteiger partial charge < -0.3 is 10.2 Å². The van der Waals surface area contributed by atoms with E-state index in [0.29, 0.717) is 13.0 Å². The van der Waals surface area contributed by atoms with Crippen molar-refractivity contribution in [1.29, 1.82) is 0 Å². The van der Waals surface area contributed by atoms with Gasteiger partial charge in [0.15, 0.2) is 0 Å². The van der Waals surface area contributed by atoms with Crippen LogP contribution in [0.15, 0.2) is 48.8 Å². The molecule has 2 rings (SSSR count). The second-order valence-electron chi connectivity index (χ2n) is 5.31. The highest BCUT2D eigenvalue weighted by Gasteiger charge is 2.08. The minimum Gasteiger partial charge on any atom is -0.371 e. The molecule has 1 heterocycles. The van der Waals surface area contributed by atoms with Crippen LogP contribution in [0.2, 0.25) is 0 Å². The fourth-order valence-corrected chi connectivity index (χ4v) is 2.32. The summed E-state index contributed by atoms with van der Waals surface area (Å²) < 4.78 is 0. The van der Waals surface area contributed by atoms with Crippen LogP contribution in [0.5, 0.6) is 0 Å². The van der Waals surface area contributed by atoms with E-state index in [1.807, 2.05) is 12.1 Å². The number of anilines is 1. The molecule has 0 atom stereocenters. The van der Waals surface area contributed by atoms with Gasteiger partial charge in [-0.05, 0) is 43.2 Å². The summed E-state index contributed by atoms with van der Waals surface area (Å²) in [7, 11) is 0. The summed E-state index contributed by atoms with van der Waals surface area (Å²) in [6, 6.07) is 12.2. The number of hydrogen-bond acceptors (Lipinski definition) is 3. The predicted octanol–water partition coefficient (Wildman–Crippen LogP) is 2.92. The second-order valence-corrected chi connectivity index (χ2v) is 5.31. The number of nitrogens with one attached hydrogen (secondary N) is 1. The van der Waals surface area contributed by atoms with Crippen LogP contribution in [0.3, 0.4) is 0 Å². The average molecular weight is 297 g/mol. The van der Waals surface area contributed by atoms with Crippen LogP contribution in [-0.2, 0) is 11.3 Å². The Morgan fingerprint density at radius 1 is 1.27 bits per heavy atom. The average Bonchev–Trinajstić information content (AvgIpc) is 2.54. The van der Waals surface area contributed by atoms with Gasteiger partial charge in [0, 0.05) is 44.1 Å². The third-order valence-corrected chi connectivity index (χ3v) is 3.57. The van der Waals surface area contributed by atoms with E-state index < -0.39 is 0 Å². The van der Waals surface area contributed by atoms with E-state index in [1.54, 1.807) is 12.4 Å². The maximum absolute atomic E-state index is 12.0. The summed E-state index contributed by atoms with van der Waals surface area (Å²) in [5.41, 5.74) is 3.42. The van der Waals surface area contributed by atoms with Crippen molar-refractivity contribution in [2.45, 2.75) is 26.8 Å². The number of hydrogen-bond donors (Lipinski definition) is 1. The summed E-state index contributed by atoms with van der Waals surface area (Å²) in [6.45, 7) is 6.33. The third kappa shape index (κ3) is 4.88. The molecule has 0 bridgehead atoms. The van der Waals surface area contributed by atoms with Crippen LogP contribution in [0.1, 0.15) is 24.5 Å².